The van der Waals surface area contributed by atoms with Crippen molar-refractivity contribution in [2.24, 2.45) is 11.3 Å². The molecule has 13 heavy (non-hydrogen) atoms. The van der Waals surface area contributed by atoms with Crippen molar-refractivity contribution in [1.82, 2.24) is 0 Å². The third-order valence-corrected chi connectivity index (χ3v) is 2.34. The van der Waals surface area contributed by atoms with E-state index in [4.69, 9.17) is 0 Å². The number of hydrogen-bond donors (Lipinski definition) is 0. The summed E-state index contributed by atoms with van der Waals surface area (Å²) in [7, 11) is 0. The minimum absolute atomic E-state index is 0.0239. The molecule has 0 unspecified atom stereocenters. The molecule has 0 rings (SSSR count). The van der Waals surface area contributed by atoms with Crippen molar-refractivity contribution in [3.8, 4) is 0 Å². The summed E-state index contributed by atoms with van der Waals surface area (Å²) in [4.78, 5) is 11.0. The average Bonchev–Trinajstić information content (AvgIpc) is 1.81. The minimum Gasteiger partial charge on any atom is -0.300 e. The highest BCUT2D eigenvalue weighted by Crippen LogP contribution is 2.30. The van der Waals surface area contributed by atoms with E-state index in [1.807, 2.05) is 0 Å². The Labute approximate surface area is 82.2 Å². The van der Waals surface area contributed by atoms with Crippen LogP contribution in [0.3, 0.4) is 0 Å². The molecule has 1 heteroatoms. The Morgan fingerprint density at radius 1 is 1.31 bits per heavy atom. The zero-order valence-corrected chi connectivity index (χ0v) is 9.77. The summed E-state index contributed by atoms with van der Waals surface area (Å²) in [6.45, 7) is 12.3. The van der Waals surface area contributed by atoms with Gasteiger partial charge in [0.15, 0.2) is 0 Å². The van der Waals surface area contributed by atoms with E-state index >= 15 is 0 Å². The fourth-order valence-electron chi connectivity index (χ4n) is 1.49. The van der Waals surface area contributed by atoms with E-state index in [0.29, 0.717) is 12.3 Å². The van der Waals surface area contributed by atoms with E-state index in [1.54, 1.807) is 6.92 Å². The van der Waals surface area contributed by atoms with Gasteiger partial charge in [0.1, 0.15) is 5.78 Å². The molecule has 0 aliphatic rings. The first-order valence-electron chi connectivity index (χ1n) is 4.94. The van der Waals surface area contributed by atoms with Gasteiger partial charge in [-0.1, -0.05) is 39.3 Å². The SMILES string of the molecule is CC(=O)CC(C)(C)C(C)=CC(C)C. The first kappa shape index (κ1) is 12.4. The number of Topliss-reactive ketones (excluding diaryl/α,β-unsaturated/α-hetero) is 1. The van der Waals surface area contributed by atoms with Crippen molar-refractivity contribution in [2.45, 2.75) is 48.0 Å². The topological polar surface area (TPSA) is 17.1 Å². The van der Waals surface area contributed by atoms with Crippen LogP contribution < -0.4 is 0 Å². The van der Waals surface area contributed by atoms with Gasteiger partial charge in [0, 0.05) is 6.42 Å². The maximum absolute atomic E-state index is 11.0. The van der Waals surface area contributed by atoms with Crippen LogP contribution >= 0.6 is 0 Å². The summed E-state index contributed by atoms with van der Waals surface area (Å²) in [6, 6.07) is 0. The number of ketones is 1. The van der Waals surface area contributed by atoms with Gasteiger partial charge in [-0.25, -0.2) is 0 Å². The van der Waals surface area contributed by atoms with Gasteiger partial charge >= 0.3 is 0 Å². The van der Waals surface area contributed by atoms with Gasteiger partial charge < -0.3 is 0 Å². The number of carbonyl (C=O) groups is 1. The molecular formula is C12H22O. The van der Waals surface area contributed by atoms with E-state index in [9.17, 15) is 4.79 Å². The van der Waals surface area contributed by atoms with Crippen LogP contribution in [0.4, 0.5) is 0 Å². The van der Waals surface area contributed by atoms with E-state index in [-0.39, 0.29) is 11.2 Å². The highest BCUT2D eigenvalue weighted by Gasteiger charge is 2.21. The third-order valence-electron chi connectivity index (χ3n) is 2.34. The number of allylic oxidation sites excluding steroid dienone is 2. The van der Waals surface area contributed by atoms with Crippen LogP contribution in [0.5, 0.6) is 0 Å². The lowest BCUT2D eigenvalue weighted by atomic mass is 9.79. The highest BCUT2D eigenvalue weighted by molar-refractivity contribution is 5.76. The van der Waals surface area contributed by atoms with E-state index in [2.05, 4.69) is 40.7 Å². The molecule has 76 valence electrons. The summed E-state index contributed by atoms with van der Waals surface area (Å²) in [6.07, 6.45) is 2.88. The van der Waals surface area contributed by atoms with Crippen LogP contribution in [0.25, 0.3) is 0 Å². The predicted octanol–water partition coefficient (Wildman–Crippen LogP) is 3.59. The third kappa shape index (κ3) is 4.87. The largest absolute Gasteiger partial charge is 0.300 e. The summed E-state index contributed by atoms with van der Waals surface area (Å²) in [5.74, 6) is 0.827. The molecule has 1 nitrogen and oxygen atoms in total. The molecule has 0 radical (unpaired) electrons. The van der Waals surface area contributed by atoms with Crippen LogP contribution in [0, 0.1) is 11.3 Å². The van der Waals surface area contributed by atoms with Gasteiger partial charge in [-0.15, -0.1) is 0 Å². The Bertz CT molecular complexity index is 209. The van der Waals surface area contributed by atoms with Crippen molar-refractivity contribution in [3.05, 3.63) is 11.6 Å². The van der Waals surface area contributed by atoms with Gasteiger partial charge in [-0.3, -0.25) is 4.79 Å². The normalized spacial score (nSPS) is 13.6. The van der Waals surface area contributed by atoms with Crippen molar-refractivity contribution in [3.63, 3.8) is 0 Å². The summed E-state index contributed by atoms with van der Waals surface area (Å²) < 4.78 is 0. The fraction of sp³-hybridized carbons (Fsp3) is 0.750. The molecule has 0 N–H and O–H groups in total. The summed E-state index contributed by atoms with van der Waals surface area (Å²) in [5, 5.41) is 0. The van der Waals surface area contributed by atoms with Crippen molar-refractivity contribution in [1.29, 1.82) is 0 Å². The molecule has 0 aromatic rings. The second-order valence-electron chi connectivity index (χ2n) is 4.86. The van der Waals surface area contributed by atoms with Crippen LogP contribution in [0.15, 0.2) is 11.6 Å². The van der Waals surface area contributed by atoms with Gasteiger partial charge in [0.05, 0.1) is 0 Å². The molecule has 0 atom stereocenters. The molecule has 0 saturated carbocycles. The van der Waals surface area contributed by atoms with Crippen LogP contribution in [0.2, 0.25) is 0 Å². The van der Waals surface area contributed by atoms with Crippen molar-refractivity contribution < 1.29 is 4.79 Å². The minimum atomic E-state index is 0.0239. The second-order valence-corrected chi connectivity index (χ2v) is 4.86. The number of carbonyl (C=O) groups excluding carboxylic acids is 1. The molecule has 0 amide bonds. The van der Waals surface area contributed by atoms with Crippen molar-refractivity contribution in [2.75, 3.05) is 0 Å². The van der Waals surface area contributed by atoms with E-state index in [0.717, 1.165) is 0 Å². The van der Waals surface area contributed by atoms with Gasteiger partial charge in [-0.2, -0.15) is 0 Å². The van der Waals surface area contributed by atoms with Gasteiger partial charge in [-0.05, 0) is 25.2 Å². The standard InChI is InChI=1S/C12H22O/c1-9(2)7-10(3)12(5,6)8-11(4)13/h7,9H,8H2,1-6H3. The lowest BCUT2D eigenvalue weighted by molar-refractivity contribution is -0.118. The predicted molar refractivity (Wildman–Crippen MR) is 57.7 cm³/mol. The van der Waals surface area contributed by atoms with Crippen LogP contribution in [-0.4, -0.2) is 5.78 Å². The quantitative estimate of drug-likeness (QED) is 0.607. The molecule has 0 spiro atoms. The zero-order chi connectivity index (χ0) is 10.6. The Hall–Kier alpha value is -0.590. The molecule has 0 aliphatic carbocycles. The first-order valence-corrected chi connectivity index (χ1v) is 4.94. The second kappa shape index (κ2) is 4.59. The smallest absolute Gasteiger partial charge is 0.130 e. The average molecular weight is 182 g/mol. The van der Waals surface area contributed by atoms with E-state index < -0.39 is 0 Å². The Morgan fingerprint density at radius 3 is 2.08 bits per heavy atom. The summed E-state index contributed by atoms with van der Waals surface area (Å²) >= 11 is 0. The summed E-state index contributed by atoms with van der Waals surface area (Å²) in [5.41, 5.74) is 1.34. The molecule has 0 aromatic carbocycles. The van der Waals surface area contributed by atoms with Crippen LogP contribution in [0.1, 0.15) is 48.0 Å². The molecule has 0 saturated heterocycles. The maximum atomic E-state index is 11.0. The first-order chi connectivity index (χ1) is 5.75. The fourth-order valence-corrected chi connectivity index (χ4v) is 1.49. The molecule has 0 aromatic heterocycles. The maximum Gasteiger partial charge on any atom is 0.130 e. The monoisotopic (exact) mass is 182 g/mol. The lowest BCUT2D eigenvalue weighted by Crippen LogP contribution is -2.17. The molecular weight excluding hydrogens is 160 g/mol. The molecule has 0 fully saturated rings. The highest BCUT2D eigenvalue weighted by atomic mass is 16.1. The lowest BCUT2D eigenvalue weighted by Gasteiger charge is -2.25. The van der Waals surface area contributed by atoms with Gasteiger partial charge in [0.2, 0.25) is 0 Å². The number of rotatable bonds is 4. The Balaban J connectivity index is 4.52. The van der Waals surface area contributed by atoms with E-state index in [1.165, 1.54) is 5.57 Å². The van der Waals surface area contributed by atoms with Crippen LogP contribution in [-0.2, 0) is 4.79 Å². The molecule has 0 bridgehead atoms. The zero-order valence-electron chi connectivity index (χ0n) is 9.77. The number of hydrogen-bond acceptors (Lipinski definition) is 1. The Morgan fingerprint density at radius 2 is 1.77 bits per heavy atom. The Kier molecular flexibility index (Phi) is 4.38. The molecule has 0 heterocycles. The van der Waals surface area contributed by atoms with Crippen molar-refractivity contribution >= 4 is 5.78 Å². The van der Waals surface area contributed by atoms with Gasteiger partial charge in [0.25, 0.3) is 0 Å². The molecule has 0 aliphatic heterocycles.